The molecule has 7 nitrogen and oxygen atoms in total. The molecule has 3 fully saturated rings. The Kier molecular flexibility index (Phi) is 7.13. The van der Waals surface area contributed by atoms with Gasteiger partial charge in [0.25, 0.3) is 5.19 Å². The van der Waals surface area contributed by atoms with Gasteiger partial charge in [-0.15, -0.1) is 0 Å². The van der Waals surface area contributed by atoms with Crippen molar-refractivity contribution in [3.63, 3.8) is 0 Å². The van der Waals surface area contributed by atoms with Gasteiger partial charge in [0.05, 0.1) is 6.04 Å². The minimum absolute atomic E-state index is 0.0297. The van der Waals surface area contributed by atoms with E-state index < -0.39 is 0 Å². The lowest BCUT2D eigenvalue weighted by atomic mass is 9.97. The monoisotopic (exact) mass is 469 g/mol. The molecule has 33 heavy (non-hydrogen) atoms. The van der Waals surface area contributed by atoms with Crippen molar-refractivity contribution in [2.45, 2.75) is 56.3 Å². The maximum atomic E-state index is 13.0. The van der Waals surface area contributed by atoms with Gasteiger partial charge in [-0.2, -0.15) is 0 Å². The van der Waals surface area contributed by atoms with Gasteiger partial charge in [-0.25, -0.2) is 9.78 Å². The van der Waals surface area contributed by atoms with Crippen LogP contribution in [-0.4, -0.2) is 83.7 Å². The van der Waals surface area contributed by atoms with Crippen molar-refractivity contribution in [1.29, 1.82) is 0 Å². The van der Waals surface area contributed by atoms with Crippen LogP contribution in [0.2, 0.25) is 0 Å². The van der Waals surface area contributed by atoms with Gasteiger partial charge in [0.2, 0.25) is 0 Å². The molecule has 2 amide bonds. The summed E-state index contributed by atoms with van der Waals surface area (Å²) in [5, 5.41) is 6.12. The second kappa shape index (κ2) is 10.4. The number of carbonyl (C=O) groups is 1. The molecule has 0 aliphatic carbocycles. The molecule has 5 rings (SSSR count). The van der Waals surface area contributed by atoms with E-state index >= 15 is 0 Å². The fourth-order valence-electron chi connectivity index (χ4n) is 5.63. The smallest absolute Gasteiger partial charge is 0.317 e. The van der Waals surface area contributed by atoms with Crippen LogP contribution in [0.25, 0.3) is 0 Å². The number of likely N-dealkylation sites (N-methyl/N-ethyl adjacent to an activating group) is 1. The third-order valence-electron chi connectivity index (χ3n) is 7.48. The molecule has 3 saturated heterocycles. The Morgan fingerprint density at radius 3 is 2.55 bits per heavy atom. The van der Waals surface area contributed by atoms with Gasteiger partial charge >= 0.3 is 6.03 Å². The van der Waals surface area contributed by atoms with Crippen LogP contribution in [0.15, 0.2) is 41.9 Å². The lowest BCUT2D eigenvalue weighted by molar-refractivity contribution is 0.0469. The fourth-order valence-corrected chi connectivity index (χ4v) is 6.18. The molecule has 2 bridgehead atoms. The average molecular weight is 470 g/mol. The number of benzene rings is 1. The molecule has 2 aromatic rings. The van der Waals surface area contributed by atoms with Gasteiger partial charge in [-0.05, 0) is 44.7 Å². The first kappa shape index (κ1) is 22.6. The molecular formula is C25H35N5O2S. The van der Waals surface area contributed by atoms with Gasteiger partial charge in [-0.1, -0.05) is 41.7 Å². The molecule has 8 heteroatoms. The second-order valence-electron chi connectivity index (χ2n) is 9.62. The lowest BCUT2D eigenvalue weighted by Crippen LogP contribution is -2.51. The van der Waals surface area contributed by atoms with Crippen molar-refractivity contribution >= 4 is 17.4 Å². The van der Waals surface area contributed by atoms with Crippen molar-refractivity contribution in [1.82, 2.24) is 25.0 Å². The van der Waals surface area contributed by atoms with E-state index in [1.807, 2.05) is 22.5 Å². The number of piperazine rings is 1. The molecule has 3 aliphatic rings. The Labute approximate surface area is 200 Å². The first-order chi connectivity index (χ1) is 16.2. The summed E-state index contributed by atoms with van der Waals surface area (Å²) in [6, 6.07) is 11.7. The van der Waals surface area contributed by atoms with Crippen molar-refractivity contribution in [2.24, 2.45) is 0 Å². The number of hydrogen-bond donors (Lipinski definition) is 1. The third kappa shape index (κ3) is 5.50. The minimum atomic E-state index is 0.0297. The molecule has 0 radical (unpaired) electrons. The summed E-state index contributed by atoms with van der Waals surface area (Å²) in [6.07, 6.45) is 7.63. The van der Waals surface area contributed by atoms with E-state index in [4.69, 9.17) is 4.74 Å². The molecule has 0 saturated carbocycles. The molecular weight excluding hydrogens is 434 g/mol. The number of thiazole rings is 1. The van der Waals surface area contributed by atoms with E-state index in [2.05, 4.69) is 51.4 Å². The number of nitrogens with one attached hydrogen (secondary N) is 1. The molecule has 0 spiro atoms. The average Bonchev–Trinajstić information content (AvgIpc) is 3.42. The lowest BCUT2D eigenvalue weighted by Gasteiger charge is -2.39. The molecule has 178 valence electrons. The zero-order valence-electron chi connectivity index (χ0n) is 19.4. The highest BCUT2D eigenvalue weighted by atomic mass is 32.1. The van der Waals surface area contributed by atoms with Crippen LogP contribution in [0.5, 0.6) is 5.19 Å². The fraction of sp³-hybridized carbons (Fsp3) is 0.600. The normalized spacial score (nSPS) is 26.8. The number of carbonyl (C=O) groups excluding carboxylic acids is 1. The number of urea groups is 1. The van der Waals surface area contributed by atoms with E-state index in [9.17, 15) is 4.79 Å². The summed E-state index contributed by atoms with van der Waals surface area (Å²) < 4.78 is 6.16. The van der Waals surface area contributed by atoms with Gasteiger partial charge in [0, 0.05) is 56.4 Å². The number of aromatic nitrogens is 1. The zero-order chi connectivity index (χ0) is 22.6. The van der Waals surface area contributed by atoms with Crippen molar-refractivity contribution < 1.29 is 9.53 Å². The summed E-state index contributed by atoms with van der Waals surface area (Å²) in [6.45, 7) is 4.46. The van der Waals surface area contributed by atoms with Crippen molar-refractivity contribution in [2.75, 3.05) is 39.8 Å². The topological polar surface area (TPSA) is 60.9 Å². The number of hydrogen-bond acceptors (Lipinski definition) is 6. The van der Waals surface area contributed by atoms with E-state index in [0.29, 0.717) is 12.1 Å². The predicted molar refractivity (Wildman–Crippen MR) is 131 cm³/mol. The minimum Gasteiger partial charge on any atom is -0.467 e. The molecule has 1 aromatic heterocycles. The van der Waals surface area contributed by atoms with Crippen LogP contribution in [0.3, 0.4) is 0 Å². The van der Waals surface area contributed by atoms with Crippen LogP contribution < -0.4 is 10.1 Å². The Balaban J connectivity index is 1.19. The van der Waals surface area contributed by atoms with Crippen LogP contribution in [0.1, 0.15) is 43.7 Å². The SMILES string of the molecule is CN1CCN(C(=O)NC(CCN2C3CCC2CC(Oc2nccs2)C3)c2ccccc2)CC1. The first-order valence-electron chi connectivity index (χ1n) is 12.3. The van der Waals surface area contributed by atoms with Gasteiger partial charge in [-0.3, -0.25) is 4.90 Å². The summed E-state index contributed by atoms with van der Waals surface area (Å²) >= 11 is 1.58. The number of nitrogens with zero attached hydrogens (tertiary/aromatic N) is 4. The summed E-state index contributed by atoms with van der Waals surface area (Å²) in [5.74, 6) is 0. The molecule has 4 heterocycles. The van der Waals surface area contributed by atoms with Crippen molar-refractivity contribution in [3.8, 4) is 5.19 Å². The Hall–Kier alpha value is -2.16. The number of fused-ring (bicyclic) bond motifs is 2. The molecule has 3 atom stereocenters. The molecule has 3 aliphatic heterocycles. The largest absolute Gasteiger partial charge is 0.467 e. The molecule has 1 N–H and O–H groups in total. The van der Waals surface area contributed by atoms with Crippen LogP contribution in [-0.2, 0) is 0 Å². The summed E-state index contributed by atoms with van der Waals surface area (Å²) in [5.41, 5.74) is 1.19. The number of amides is 2. The van der Waals surface area contributed by atoms with Crippen LogP contribution in [0, 0.1) is 0 Å². The number of rotatable bonds is 7. The van der Waals surface area contributed by atoms with E-state index in [1.54, 1.807) is 11.3 Å². The van der Waals surface area contributed by atoms with Gasteiger partial charge in [0.15, 0.2) is 0 Å². The van der Waals surface area contributed by atoms with Crippen LogP contribution >= 0.6 is 11.3 Å². The Morgan fingerprint density at radius 2 is 1.88 bits per heavy atom. The third-order valence-corrected chi connectivity index (χ3v) is 8.15. The Bertz CT molecular complexity index is 873. The highest BCUT2D eigenvalue weighted by Gasteiger charge is 2.41. The van der Waals surface area contributed by atoms with Gasteiger partial charge < -0.3 is 19.9 Å². The number of ether oxygens (including phenoxy) is 1. The molecule has 1 aromatic carbocycles. The first-order valence-corrected chi connectivity index (χ1v) is 13.1. The second-order valence-corrected chi connectivity index (χ2v) is 10.5. The quantitative estimate of drug-likeness (QED) is 0.671. The van der Waals surface area contributed by atoms with E-state index in [1.165, 1.54) is 18.4 Å². The Morgan fingerprint density at radius 1 is 1.15 bits per heavy atom. The number of piperidine rings is 1. The van der Waals surface area contributed by atoms with Crippen LogP contribution in [0.4, 0.5) is 4.79 Å². The zero-order valence-corrected chi connectivity index (χ0v) is 20.3. The molecule has 3 unspecified atom stereocenters. The highest BCUT2D eigenvalue weighted by molar-refractivity contribution is 7.11. The maximum Gasteiger partial charge on any atom is 0.317 e. The van der Waals surface area contributed by atoms with E-state index in [-0.39, 0.29) is 18.2 Å². The van der Waals surface area contributed by atoms with E-state index in [0.717, 1.165) is 57.2 Å². The summed E-state index contributed by atoms with van der Waals surface area (Å²) in [4.78, 5) is 24.2. The van der Waals surface area contributed by atoms with Crippen molar-refractivity contribution in [3.05, 3.63) is 47.5 Å². The highest BCUT2D eigenvalue weighted by Crippen LogP contribution is 2.38. The maximum absolute atomic E-state index is 13.0. The van der Waals surface area contributed by atoms with Gasteiger partial charge in [0.1, 0.15) is 6.10 Å². The predicted octanol–water partition coefficient (Wildman–Crippen LogP) is 3.61. The summed E-state index contributed by atoms with van der Waals surface area (Å²) in [7, 11) is 2.11. The standard InChI is InChI=1S/C25H35N5O2S/c1-28-12-14-29(15-13-28)24(31)27-23(19-5-3-2-4-6-19)9-11-30-20-7-8-21(30)18-22(17-20)32-25-26-10-16-33-25/h2-6,10,16,20-23H,7-9,11-15,17-18H2,1H3,(H,27,31).